The van der Waals surface area contributed by atoms with Gasteiger partial charge in [0.15, 0.2) is 0 Å². The van der Waals surface area contributed by atoms with Crippen molar-refractivity contribution >= 4 is 56.6 Å². The Morgan fingerprint density at radius 2 is 1.84 bits per heavy atom. The molecular weight excluding hydrogens is 462 g/mol. The van der Waals surface area contributed by atoms with E-state index in [1.807, 2.05) is 0 Å². The largest absolute Gasteiger partial charge is 0.379 e. The van der Waals surface area contributed by atoms with E-state index in [-0.39, 0.29) is 36.2 Å². The molecule has 0 aliphatic carbocycles. The van der Waals surface area contributed by atoms with Gasteiger partial charge in [-0.15, -0.1) is 11.8 Å². The lowest BCUT2D eigenvalue weighted by Crippen LogP contribution is -2.42. The Morgan fingerprint density at radius 1 is 1.13 bits per heavy atom. The summed E-state index contributed by atoms with van der Waals surface area (Å²) >= 11 is 7.18. The highest BCUT2D eigenvalue weighted by atomic mass is 35.5. The van der Waals surface area contributed by atoms with E-state index < -0.39 is 15.9 Å². The van der Waals surface area contributed by atoms with Gasteiger partial charge in [0, 0.05) is 28.7 Å². The van der Waals surface area contributed by atoms with Crippen molar-refractivity contribution in [2.75, 3.05) is 48.8 Å². The molecule has 0 spiro atoms. The summed E-state index contributed by atoms with van der Waals surface area (Å²) in [6.07, 6.45) is 0. The topological polar surface area (TPSA) is 96.0 Å². The van der Waals surface area contributed by atoms with Gasteiger partial charge in [0.05, 0.1) is 29.5 Å². The number of thioether (sulfide) groups is 1. The summed E-state index contributed by atoms with van der Waals surface area (Å²) in [5.74, 6) is -0.476. The fraction of sp³-hybridized carbons (Fsp3) is 0.300. The first-order valence-corrected chi connectivity index (χ1v) is 12.4. The van der Waals surface area contributed by atoms with Crippen LogP contribution in [0.5, 0.6) is 0 Å². The van der Waals surface area contributed by atoms with Crippen LogP contribution in [0.4, 0.5) is 11.4 Å². The number of anilines is 2. The van der Waals surface area contributed by atoms with Crippen LogP contribution in [-0.4, -0.2) is 63.1 Å². The van der Waals surface area contributed by atoms with Crippen LogP contribution < -0.4 is 10.2 Å². The predicted octanol–water partition coefficient (Wildman–Crippen LogP) is 2.44. The van der Waals surface area contributed by atoms with Gasteiger partial charge in [-0.05, 0) is 42.5 Å². The number of carbonyl (C=O) groups is 2. The number of ether oxygens (including phenoxy) is 1. The third-order valence-corrected chi connectivity index (χ3v) is 8.11. The average molecular weight is 482 g/mol. The molecule has 0 unspecified atom stereocenters. The van der Waals surface area contributed by atoms with Gasteiger partial charge in [-0.3, -0.25) is 9.59 Å². The number of sulfonamides is 1. The molecule has 2 aromatic carbocycles. The fourth-order valence-corrected chi connectivity index (χ4v) is 5.80. The maximum absolute atomic E-state index is 13.0. The van der Waals surface area contributed by atoms with Gasteiger partial charge < -0.3 is 15.0 Å². The predicted molar refractivity (Wildman–Crippen MR) is 119 cm³/mol. The van der Waals surface area contributed by atoms with E-state index in [9.17, 15) is 18.0 Å². The van der Waals surface area contributed by atoms with Gasteiger partial charge in [0.2, 0.25) is 21.8 Å². The minimum absolute atomic E-state index is 0.0894. The smallest absolute Gasteiger partial charge is 0.244 e. The van der Waals surface area contributed by atoms with Crippen LogP contribution >= 0.6 is 23.4 Å². The molecule has 2 amide bonds. The summed E-state index contributed by atoms with van der Waals surface area (Å²) < 4.78 is 32.7. The van der Waals surface area contributed by atoms with E-state index >= 15 is 0 Å². The summed E-state index contributed by atoms with van der Waals surface area (Å²) in [5.41, 5.74) is 0.971. The van der Waals surface area contributed by atoms with E-state index in [2.05, 4.69) is 5.32 Å². The Balaban J connectivity index is 1.58. The first kappa shape index (κ1) is 22.1. The molecule has 1 fully saturated rings. The number of morpholine rings is 1. The Kier molecular flexibility index (Phi) is 6.54. The summed E-state index contributed by atoms with van der Waals surface area (Å²) in [5, 5.41) is 3.27. The third kappa shape index (κ3) is 4.88. The lowest BCUT2D eigenvalue weighted by molar-refractivity contribution is -0.120. The van der Waals surface area contributed by atoms with Gasteiger partial charge in [-0.2, -0.15) is 4.31 Å². The third-order valence-electron chi connectivity index (χ3n) is 4.91. The second-order valence-electron chi connectivity index (χ2n) is 6.97. The summed E-state index contributed by atoms with van der Waals surface area (Å²) in [7, 11) is -3.72. The highest BCUT2D eigenvalue weighted by Crippen LogP contribution is 2.37. The van der Waals surface area contributed by atoms with E-state index in [4.69, 9.17) is 16.3 Å². The number of halogens is 1. The van der Waals surface area contributed by atoms with Crippen LogP contribution in [0.1, 0.15) is 0 Å². The Morgan fingerprint density at radius 3 is 2.55 bits per heavy atom. The van der Waals surface area contributed by atoms with Gasteiger partial charge in [0.1, 0.15) is 6.54 Å². The minimum Gasteiger partial charge on any atom is -0.379 e. The van der Waals surface area contributed by atoms with Crippen LogP contribution in [0.25, 0.3) is 0 Å². The highest BCUT2D eigenvalue weighted by Gasteiger charge is 2.31. The van der Waals surface area contributed by atoms with Gasteiger partial charge in [-0.25, -0.2) is 8.42 Å². The molecule has 0 saturated carbocycles. The monoisotopic (exact) mass is 481 g/mol. The molecular formula is C20H20ClN3O5S2. The number of amides is 2. The van der Waals surface area contributed by atoms with Crippen molar-refractivity contribution in [3.05, 3.63) is 47.5 Å². The van der Waals surface area contributed by atoms with Crippen LogP contribution in [0.2, 0.25) is 5.02 Å². The number of fused-ring (bicyclic) bond motifs is 1. The van der Waals surface area contributed by atoms with Crippen LogP contribution in [-0.2, 0) is 24.3 Å². The molecule has 4 rings (SSSR count). The normalized spacial score (nSPS) is 17.3. The highest BCUT2D eigenvalue weighted by molar-refractivity contribution is 8.00. The molecule has 1 saturated heterocycles. The molecule has 0 aromatic heterocycles. The minimum atomic E-state index is -3.72. The Labute approximate surface area is 189 Å². The lowest BCUT2D eigenvalue weighted by atomic mass is 10.2. The molecule has 2 heterocycles. The molecule has 164 valence electrons. The van der Waals surface area contributed by atoms with Crippen molar-refractivity contribution in [1.82, 2.24) is 4.31 Å². The summed E-state index contributed by atoms with van der Waals surface area (Å²) in [6.45, 7) is 1.02. The van der Waals surface area contributed by atoms with Crippen molar-refractivity contribution in [3.8, 4) is 0 Å². The van der Waals surface area contributed by atoms with Crippen molar-refractivity contribution in [1.29, 1.82) is 0 Å². The number of nitrogens with zero attached hydrogens (tertiary/aromatic N) is 2. The van der Waals surface area contributed by atoms with Gasteiger partial charge in [-0.1, -0.05) is 11.6 Å². The molecule has 2 aromatic rings. The van der Waals surface area contributed by atoms with E-state index in [0.29, 0.717) is 29.6 Å². The lowest BCUT2D eigenvalue weighted by Gasteiger charge is -2.30. The number of nitrogens with one attached hydrogen (secondary N) is 1. The molecule has 2 aliphatic heterocycles. The zero-order valence-corrected chi connectivity index (χ0v) is 18.8. The maximum Gasteiger partial charge on any atom is 0.244 e. The number of hydrogen-bond acceptors (Lipinski definition) is 6. The van der Waals surface area contributed by atoms with E-state index in [1.54, 1.807) is 36.4 Å². The first-order valence-electron chi connectivity index (χ1n) is 9.55. The molecule has 1 N–H and O–H groups in total. The summed E-state index contributed by atoms with van der Waals surface area (Å²) in [4.78, 5) is 27.3. The molecule has 8 nitrogen and oxygen atoms in total. The molecule has 31 heavy (non-hydrogen) atoms. The van der Waals surface area contributed by atoms with Crippen molar-refractivity contribution < 1.29 is 22.7 Å². The van der Waals surface area contributed by atoms with Crippen molar-refractivity contribution in [2.45, 2.75) is 9.79 Å². The Hall–Kier alpha value is -2.11. The van der Waals surface area contributed by atoms with Crippen LogP contribution in [0, 0.1) is 0 Å². The van der Waals surface area contributed by atoms with Crippen LogP contribution in [0.15, 0.2) is 52.3 Å². The van der Waals surface area contributed by atoms with Crippen molar-refractivity contribution in [2.24, 2.45) is 0 Å². The summed E-state index contributed by atoms with van der Waals surface area (Å²) in [6, 6.07) is 11.3. The Bertz CT molecular complexity index is 1100. The zero-order chi connectivity index (χ0) is 22.0. The maximum atomic E-state index is 13.0. The zero-order valence-electron chi connectivity index (χ0n) is 16.4. The molecule has 0 atom stereocenters. The van der Waals surface area contributed by atoms with Crippen LogP contribution in [0.3, 0.4) is 0 Å². The van der Waals surface area contributed by atoms with E-state index in [0.717, 1.165) is 4.90 Å². The first-order chi connectivity index (χ1) is 14.8. The second kappa shape index (κ2) is 9.17. The molecule has 0 radical (unpaired) electrons. The van der Waals surface area contributed by atoms with Gasteiger partial charge in [0.25, 0.3) is 0 Å². The average Bonchev–Trinajstić information content (AvgIpc) is 2.77. The van der Waals surface area contributed by atoms with Crippen molar-refractivity contribution in [3.63, 3.8) is 0 Å². The fourth-order valence-electron chi connectivity index (χ4n) is 3.33. The SMILES string of the molecule is O=C(CN1C(=O)CSc2ccc(S(=O)(=O)N3CCOCC3)cc21)Nc1ccc(Cl)cc1. The molecule has 2 aliphatic rings. The number of carbonyl (C=O) groups excluding carboxylic acids is 2. The standard InChI is InChI=1S/C20H20ClN3O5S2/c21-14-1-3-15(4-2-14)22-19(25)12-24-17-11-16(5-6-18(17)30-13-20(24)26)31(27,28)23-7-9-29-10-8-23/h1-6,11H,7-10,12-13H2,(H,22,25). The van der Waals surface area contributed by atoms with Gasteiger partial charge >= 0.3 is 0 Å². The number of rotatable bonds is 5. The molecule has 11 heteroatoms. The molecule has 0 bridgehead atoms. The number of benzene rings is 2. The number of hydrogen-bond donors (Lipinski definition) is 1. The second-order valence-corrected chi connectivity index (χ2v) is 10.4. The van der Waals surface area contributed by atoms with E-state index in [1.165, 1.54) is 27.0 Å². The quantitative estimate of drug-likeness (QED) is 0.704.